The van der Waals surface area contributed by atoms with Crippen molar-refractivity contribution in [1.82, 2.24) is 10.2 Å². The lowest BCUT2D eigenvalue weighted by Crippen LogP contribution is -2.45. The zero-order chi connectivity index (χ0) is 11.4. The second kappa shape index (κ2) is 5.99. The highest BCUT2D eigenvalue weighted by atomic mass is 16.5. The van der Waals surface area contributed by atoms with Crippen LogP contribution in [-0.2, 0) is 4.74 Å². The third kappa shape index (κ3) is 3.19. The van der Waals surface area contributed by atoms with Crippen LogP contribution in [0.1, 0.15) is 39.0 Å². The van der Waals surface area contributed by atoms with Crippen LogP contribution in [-0.4, -0.2) is 49.8 Å². The maximum absolute atomic E-state index is 5.44. The summed E-state index contributed by atoms with van der Waals surface area (Å²) in [7, 11) is 2.24. The van der Waals surface area contributed by atoms with Gasteiger partial charge in [-0.15, -0.1) is 0 Å². The Morgan fingerprint density at radius 2 is 2.06 bits per heavy atom. The second-order valence-corrected chi connectivity index (χ2v) is 5.42. The first-order valence-electron chi connectivity index (χ1n) is 6.80. The molecular weight excluding hydrogens is 200 g/mol. The van der Waals surface area contributed by atoms with Crippen molar-refractivity contribution in [2.45, 2.75) is 57.2 Å². The Morgan fingerprint density at radius 1 is 1.31 bits per heavy atom. The standard InChI is InChI=1S/C13H26N2O/c1-11(9-14-12-5-3-4-6-12)15(2)13-7-8-16-10-13/h11-14H,3-10H2,1-2H3. The van der Waals surface area contributed by atoms with Crippen LogP contribution in [0.3, 0.4) is 0 Å². The lowest BCUT2D eigenvalue weighted by molar-refractivity contribution is 0.135. The zero-order valence-electron chi connectivity index (χ0n) is 10.7. The van der Waals surface area contributed by atoms with Gasteiger partial charge in [0.25, 0.3) is 0 Å². The number of nitrogens with zero attached hydrogens (tertiary/aromatic N) is 1. The van der Waals surface area contributed by atoms with E-state index in [2.05, 4.69) is 24.2 Å². The van der Waals surface area contributed by atoms with E-state index in [1.165, 1.54) is 32.1 Å². The maximum Gasteiger partial charge on any atom is 0.0622 e. The van der Waals surface area contributed by atoms with Gasteiger partial charge in [0.2, 0.25) is 0 Å². The van der Waals surface area contributed by atoms with Crippen molar-refractivity contribution >= 4 is 0 Å². The highest BCUT2D eigenvalue weighted by molar-refractivity contribution is 4.80. The summed E-state index contributed by atoms with van der Waals surface area (Å²) in [6, 6.07) is 2.04. The van der Waals surface area contributed by atoms with E-state index in [1.807, 2.05) is 0 Å². The van der Waals surface area contributed by atoms with Crippen molar-refractivity contribution in [3.63, 3.8) is 0 Å². The molecule has 2 fully saturated rings. The van der Waals surface area contributed by atoms with Crippen LogP contribution in [0.2, 0.25) is 0 Å². The molecule has 16 heavy (non-hydrogen) atoms. The minimum Gasteiger partial charge on any atom is -0.380 e. The van der Waals surface area contributed by atoms with Crippen molar-refractivity contribution in [3.05, 3.63) is 0 Å². The highest BCUT2D eigenvalue weighted by Crippen LogP contribution is 2.18. The van der Waals surface area contributed by atoms with Crippen LogP contribution < -0.4 is 5.32 Å². The third-order valence-electron chi connectivity index (χ3n) is 4.23. The lowest BCUT2D eigenvalue weighted by Gasteiger charge is -2.30. The number of hydrogen-bond acceptors (Lipinski definition) is 3. The summed E-state index contributed by atoms with van der Waals surface area (Å²) in [6.07, 6.45) is 6.78. The van der Waals surface area contributed by atoms with Gasteiger partial charge in [0.05, 0.1) is 6.61 Å². The Morgan fingerprint density at radius 3 is 2.69 bits per heavy atom. The average Bonchev–Trinajstić information content (AvgIpc) is 2.96. The molecule has 2 aliphatic rings. The van der Waals surface area contributed by atoms with Crippen LogP contribution in [0.15, 0.2) is 0 Å². The summed E-state index contributed by atoms with van der Waals surface area (Å²) >= 11 is 0. The lowest BCUT2D eigenvalue weighted by atomic mass is 10.1. The Labute approximate surface area is 99.5 Å². The van der Waals surface area contributed by atoms with E-state index in [-0.39, 0.29) is 0 Å². The first-order chi connectivity index (χ1) is 7.77. The number of rotatable bonds is 5. The maximum atomic E-state index is 5.44. The Balaban J connectivity index is 1.67. The SMILES string of the molecule is CC(CNC1CCCC1)N(C)C1CCOC1. The molecule has 0 bridgehead atoms. The minimum absolute atomic E-state index is 0.618. The van der Waals surface area contributed by atoms with Crippen molar-refractivity contribution in [1.29, 1.82) is 0 Å². The molecule has 0 radical (unpaired) electrons. The molecule has 0 aromatic carbocycles. The van der Waals surface area contributed by atoms with Gasteiger partial charge in [0, 0.05) is 31.3 Å². The molecule has 3 heteroatoms. The van der Waals surface area contributed by atoms with Gasteiger partial charge in [0.1, 0.15) is 0 Å². The summed E-state index contributed by atoms with van der Waals surface area (Å²) in [4.78, 5) is 2.48. The molecule has 94 valence electrons. The largest absolute Gasteiger partial charge is 0.380 e. The molecule has 2 rings (SSSR count). The highest BCUT2D eigenvalue weighted by Gasteiger charge is 2.24. The van der Waals surface area contributed by atoms with Gasteiger partial charge < -0.3 is 10.1 Å². The molecule has 3 nitrogen and oxygen atoms in total. The topological polar surface area (TPSA) is 24.5 Å². The van der Waals surface area contributed by atoms with Crippen molar-refractivity contribution in [2.75, 3.05) is 26.8 Å². The fraction of sp³-hybridized carbons (Fsp3) is 1.00. The molecular formula is C13H26N2O. The smallest absolute Gasteiger partial charge is 0.0622 e. The number of ether oxygens (including phenoxy) is 1. The molecule has 1 aliphatic heterocycles. The Kier molecular flexibility index (Phi) is 4.62. The average molecular weight is 226 g/mol. The normalized spacial score (nSPS) is 29.1. The van der Waals surface area contributed by atoms with Crippen molar-refractivity contribution in [3.8, 4) is 0 Å². The summed E-state index contributed by atoms with van der Waals surface area (Å²) < 4.78 is 5.44. The van der Waals surface area contributed by atoms with Gasteiger partial charge in [-0.25, -0.2) is 0 Å². The molecule has 2 atom stereocenters. The van der Waals surface area contributed by atoms with E-state index in [0.717, 1.165) is 25.8 Å². The fourth-order valence-corrected chi connectivity index (χ4v) is 2.81. The summed E-state index contributed by atoms with van der Waals surface area (Å²) in [5, 5.41) is 3.70. The number of likely N-dealkylation sites (N-methyl/N-ethyl adjacent to an activating group) is 1. The van der Waals surface area contributed by atoms with Crippen molar-refractivity contribution in [2.24, 2.45) is 0 Å². The quantitative estimate of drug-likeness (QED) is 0.771. The summed E-state index contributed by atoms with van der Waals surface area (Å²) in [5.74, 6) is 0. The molecule has 0 amide bonds. The Bertz CT molecular complexity index is 198. The molecule has 1 saturated heterocycles. The van der Waals surface area contributed by atoms with E-state index >= 15 is 0 Å². The molecule has 1 saturated carbocycles. The van der Waals surface area contributed by atoms with Gasteiger partial charge in [-0.1, -0.05) is 12.8 Å². The Hall–Kier alpha value is -0.120. The summed E-state index contributed by atoms with van der Waals surface area (Å²) in [6.45, 7) is 5.31. The second-order valence-electron chi connectivity index (χ2n) is 5.42. The van der Waals surface area contributed by atoms with Gasteiger partial charge in [0.15, 0.2) is 0 Å². The predicted molar refractivity (Wildman–Crippen MR) is 66.7 cm³/mol. The fourth-order valence-electron chi connectivity index (χ4n) is 2.81. The van der Waals surface area contributed by atoms with E-state index in [9.17, 15) is 0 Å². The molecule has 2 unspecified atom stereocenters. The van der Waals surface area contributed by atoms with Crippen LogP contribution in [0.25, 0.3) is 0 Å². The molecule has 0 spiro atoms. The van der Waals surface area contributed by atoms with E-state index in [0.29, 0.717) is 12.1 Å². The monoisotopic (exact) mass is 226 g/mol. The van der Waals surface area contributed by atoms with E-state index < -0.39 is 0 Å². The van der Waals surface area contributed by atoms with Gasteiger partial charge in [-0.05, 0) is 33.2 Å². The van der Waals surface area contributed by atoms with Gasteiger partial charge in [-0.3, -0.25) is 4.90 Å². The molecule has 1 aliphatic carbocycles. The number of nitrogens with one attached hydrogen (secondary N) is 1. The first-order valence-corrected chi connectivity index (χ1v) is 6.80. The molecule has 1 heterocycles. The van der Waals surface area contributed by atoms with E-state index in [4.69, 9.17) is 4.74 Å². The van der Waals surface area contributed by atoms with Crippen LogP contribution >= 0.6 is 0 Å². The first kappa shape index (κ1) is 12.3. The molecule has 1 N–H and O–H groups in total. The summed E-state index contributed by atoms with van der Waals surface area (Å²) in [5.41, 5.74) is 0. The van der Waals surface area contributed by atoms with Crippen LogP contribution in [0.5, 0.6) is 0 Å². The third-order valence-corrected chi connectivity index (χ3v) is 4.23. The van der Waals surface area contributed by atoms with Crippen LogP contribution in [0.4, 0.5) is 0 Å². The van der Waals surface area contributed by atoms with E-state index in [1.54, 1.807) is 0 Å². The molecule has 0 aromatic rings. The predicted octanol–water partition coefficient (Wildman–Crippen LogP) is 1.63. The van der Waals surface area contributed by atoms with Gasteiger partial charge >= 0.3 is 0 Å². The van der Waals surface area contributed by atoms with Gasteiger partial charge in [-0.2, -0.15) is 0 Å². The van der Waals surface area contributed by atoms with Crippen LogP contribution in [0, 0.1) is 0 Å². The minimum atomic E-state index is 0.618. The van der Waals surface area contributed by atoms with Crippen molar-refractivity contribution < 1.29 is 4.74 Å². The number of hydrogen-bond donors (Lipinski definition) is 1. The zero-order valence-corrected chi connectivity index (χ0v) is 10.7. The molecule has 0 aromatic heterocycles.